The quantitative estimate of drug-likeness (QED) is 0.793. The van der Waals surface area contributed by atoms with Gasteiger partial charge in [-0.25, -0.2) is 0 Å². The van der Waals surface area contributed by atoms with Gasteiger partial charge in [-0.3, -0.25) is 14.5 Å². The van der Waals surface area contributed by atoms with Crippen LogP contribution in [0.25, 0.3) is 0 Å². The fourth-order valence-electron chi connectivity index (χ4n) is 4.40. The SMILES string of the molecule is CCc1cccc(N2C(=O)C3C(CC)CC(CC)C3C2=O)c1. The standard InChI is InChI=1S/C19H25NO2/c1-4-12-8-7-9-15(10-12)20-18(21)16-13(5-2)11-14(6-3)17(16)19(20)22/h7-10,13-14,16-17H,4-6,11H2,1-3H3. The summed E-state index contributed by atoms with van der Waals surface area (Å²) in [6.07, 6.45) is 3.91. The number of benzene rings is 1. The summed E-state index contributed by atoms with van der Waals surface area (Å²) in [4.78, 5) is 27.3. The van der Waals surface area contributed by atoms with Crippen LogP contribution >= 0.6 is 0 Å². The molecule has 1 aliphatic carbocycles. The molecule has 1 saturated carbocycles. The van der Waals surface area contributed by atoms with Crippen LogP contribution in [-0.4, -0.2) is 11.8 Å². The zero-order chi connectivity index (χ0) is 15.9. The fourth-order valence-corrected chi connectivity index (χ4v) is 4.40. The lowest BCUT2D eigenvalue weighted by atomic mass is 9.88. The Morgan fingerprint density at radius 1 is 1.00 bits per heavy atom. The van der Waals surface area contributed by atoms with E-state index in [1.165, 1.54) is 4.90 Å². The molecule has 2 aliphatic rings. The second-order valence-corrected chi connectivity index (χ2v) is 6.66. The number of carbonyl (C=O) groups excluding carboxylic acids is 2. The van der Waals surface area contributed by atoms with Gasteiger partial charge in [0.25, 0.3) is 0 Å². The lowest BCUT2D eigenvalue weighted by Crippen LogP contribution is -2.33. The normalized spacial score (nSPS) is 31.0. The molecule has 4 unspecified atom stereocenters. The van der Waals surface area contributed by atoms with Crippen molar-refractivity contribution in [2.24, 2.45) is 23.7 Å². The third-order valence-electron chi connectivity index (χ3n) is 5.64. The molecule has 0 spiro atoms. The Hall–Kier alpha value is -1.64. The average molecular weight is 299 g/mol. The summed E-state index contributed by atoms with van der Waals surface area (Å²) in [5, 5.41) is 0. The molecule has 0 aromatic heterocycles. The molecular formula is C19H25NO2. The Bertz CT molecular complexity index is 567. The van der Waals surface area contributed by atoms with E-state index in [1.807, 2.05) is 24.3 Å². The molecule has 118 valence electrons. The fraction of sp³-hybridized carbons (Fsp3) is 0.579. The maximum Gasteiger partial charge on any atom is 0.237 e. The van der Waals surface area contributed by atoms with E-state index >= 15 is 0 Å². The van der Waals surface area contributed by atoms with E-state index in [0.717, 1.165) is 36.9 Å². The van der Waals surface area contributed by atoms with Crippen molar-refractivity contribution in [2.45, 2.75) is 46.5 Å². The first kappa shape index (κ1) is 15.3. The van der Waals surface area contributed by atoms with Gasteiger partial charge in [0.15, 0.2) is 0 Å². The summed E-state index contributed by atoms with van der Waals surface area (Å²) in [6.45, 7) is 6.36. The Kier molecular flexibility index (Phi) is 4.07. The van der Waals surface area contributed by atoms with Crippen molar-refractivity contribution < 1.29 is 9.59 Å². The third kappa shape index (κ3) is 2.18. The van der Waals surface area contributed by atoms with Gasteiger partial charge in [-0.15, -0.1) is 0 Å². The lowest BCUT2D eigenvalue weighted by Gasteiger charge is -2.20. The maximum absolute atomic E-state index is 12.9. The molecular weight excluding hydrogens is 274 g/mol. The van der Waals surface area contributed by atoms with Crippen LogP contribution in [0, 0.1) is 23.7 Å². The first-order valence-corrected chi connectivity index (χ1v) is 8.59. The summed E-state index contributed by atoms with van der Waals surface area (Å²) >= 11 is 0. The monoisotopic (exact) mass is 299 g/mol. The van der Waals surface area contributed by atoms with Crippen LogP contribution < -0.4 is 4.90 Å². The Labute approximate surface area is 132 Å². The molecule has 1 heterocycles. The van der Waals surface area contributed by atoms with Crippen LogP contribution in [0.15, 0.2) is 24.3 Å². The smallest absolute Gasteiger partial charge is 0.237 e. The predicted molar refractivity (Wildman–Crippen MR) is 87.5 cm³/mol. The van der Waals surface area contributed by atoms with E-state index in [9.17, 15) is 9.59 Å². The number of rotatable bonds is 4. The molecule has 1 aromatic rings. The minimum absolute atomic E-state index is 0.0334. The first-order chi connectivity index (χ1) is 10.6. The predicted octanol–water partition coefficient (Wildman–Crippen LogP) is 3.81. The third-order valence-corrected chi connectivity index (χ3v) is 5.64. The van der Waals surface area contributed by atoms with E-state index in [-0.39, 0.29) is 23.7 Å². The van der Waals surface area contributed by atoms with Gasteiger partial charge in [0.1, 0.15) is 0 Å². The molecule has 2 amide bonds. The maximum atomic E-state index is 12.9. The molecule has 0 bridgehead atoms. The van der Waals surface area contributed by atoms with E-state index < -0.39 is 0 Å². The molecule has 3 rings (SSSR count). The highest BCUT2D eigenvalue weighted by Gasteiger charge is 2.57. The van der Waals surface area contributed by atoms with Crippen LogP contribution in [0.5, 0.6) is 0 Å². The highest BCUT2D eigenvalue weighted by Crippen LogP contribution is 2.50. The number of imide groups is 1. The molecule has 3 nitrogen and oxygen atoms in total. The van der Waals surface area contributed by atoms with Crippen molar-refractivity contribution in [3.63, 3.8) is 0 Å². The molecule has 2 fully saturated rings. The molecule has 4 atom stereocenters. The molecule has 1 aromatic carbocycles. The minimum Gasteiger partial charge on any atom is -0.274 e. The highest BCUT2D eigenvalue weighted by molar-refractivity contribution is 6.22. The Morgan fingerprint density at radius 2 is 1.59 bits per heavy atom. The van der Waals surface area contributed by atoms with Gasteiger partial charge < -0.3 is 0 Å². The molecule has 1 saturated heterocycles. The number of aryl methyl sites for hydroxylation is 1. The zero-order valence-electron chi connectivity index (χ0n) is 13.7. The molecule has 3 heteroatoms. The van der Waals surface area contributed by atoms with Crippen molar-refractivity contribution >= 4 is 17.5 Å². The lowest BCUT2D eigenvalue weighted by molar-refractivity contribution is -0.123. The van der Waals surface area contributed by atoms with Crippen molar-refractivity contribution in [3.05, 3.63) is 29.8 Å². The van der Waals surface area contributed by atoms with Gasteiger partial charge in [0.05, 0.1) is 17.5 Å². The summed E-state index contributed by atoms with van der Waals surface area (Å²) in [6, 6.07) is 7.85. The molecule has 1 aliphatic heterocycles. The van der Waals surface area contributed by atoms with Crippen LogP contribution in [-0.2, 0) is 16.0 Å². The van der Waals surface area contributed by atoms with E-state index in [1.54, 1.807) is 0 Å². The largest absolute Gasteiger partial charge is 0.274 e. The zero-order valence-corrected chi connectivity index (χ0v) is 13.7. The van der Waals surface area contributed by atoms with Gasteiger partial charge in [-0.05, 0) is 42.4 Å². The summed E-state index contributed by atoms with van der Waals surface area (Å²) in [5.74, 6) is 0.620. The first-order valence-electron chi connectivity index (χ1n) is 8.59. The van der Waals surface area contributed by atoms with Crippen LogP contribution in [0.4, 0.5) is 5.69 Å². The number of amides is 2. The number of carbonyl (C=O) groups is 2. The highest BCUT2D eigenvalue weighted by atomic mass is 16.2. The van der Waals surface area contributed by atoms with Crippen LogP contribution in [0.1, 0.15) is 45.6 Å². The summed E-state index contributed by atoms with van der Waals surface area (Å²) in [5.41, 5.74) is 1.92. The van der Waals surface area contributed by atoms with Crippen molar-refractivity contribution in [2.75, 3.05) is 4.90 Å². The number of hydrogen-bond donors (Lipinski definition) is 0. The van der Waals surface area contributed by atoms with Gasteiger partial charge in [-0.1, -0.05) is 45.7 Å². The average Bonchev–Trinajstić information content (AvgIpc) is 3.04. The van der Waals surface area contributed by atoms with Gasteiger partial charge in [0.2, 0.25) is 11.8 Å². The Balaban J connectivity index is 1.98. The number of nitrogens with zero attached hydrogens (tertiary/aromatic N) is 1. The van der Waals surface area contributed by atoms with E-state index in [4.69, 9.17) is 0 Å². The number of hydrogen-bond acceptors (Lipinski definition) is 2. The van der Waals surface area contributed by atoms with E-state index in [2.05, 4.69) is 20.8 Å². The van der Waals surface area contributed by atoms with Crippen molar-refractivity contribution in [1.29, 1.82) is 0 Å². The second-order valence-electron chi connectivity index (χ2n) is 6.66. The van der Waals surface area contributed by atoms with Gasteiger partial charge in [-0.2, -0.15) is 0 Å². The summed E-state index contributed by atoms with van der Waals surface area (Å²) < 4.78 is 0. The second kappa shape index (κ2) is 5.86. The van der Waals surface area contributed by atoms with Crippen LogP contribution in [0.3, 0.4) is 0 Å². The number of fused-ring (bicyclic) bond motifs is 1. The number of anilines is 1. The van der Waals surface area contributed by atoms with Crippen molar-refractivity contribution in [1.82, 2.24) is 0 Å². The molecule has 0 radical (unpaired) electrons. The molecule has 0 N–H and O–H groups in total. The van der Waals surface area contributed by atoms with Crippen molar-refractivity contribution in [3.8, 4) is 0 Å². The Morgan fingerprint density at radius 3 is 2.09 bits per heavy atom. The minimum atomic E-state index is -0.0901. The van der Waals surface area contributed by atoms with Gasteiger partial charge >= 0.3 is 0 Å². The summed E-state index contributed by atoms with van der Waals surface area (Å²) in [7, 11) is 0. The van der Waals surface area contributed by atoms with Crippen LogP contribution in [0.2, 0.25) is 0 Å². The van der Waals surface area contributed by atoms with E-state index in [0.29, 0.717) is 11.8 Å². The van der Waals surface area contributed by atoms with Gasteiger partial charge in [0, 0.05) is 0 Å². The molecule has 22 heavy (non-hydrogen) atoms. The topological polar surface area (TPSA) is 37.4 Å².